The predicted molar refractivity (Wildman–Crippen MR) is 73.7 cm³/mol. The molecule has 17 heavy (non-hydrogen) atoms. The highest BCUT2D eigenvalue weighted by molar-refractivity contribution is 7.10. The van der Waals surface area contributed by atoms with Gasteiger partial charge in [-0.05, 0) is 48.4 Å². The lowest BCUT2D eigenvalue weighted by atomic mass is 9.98. The van der Waals surface area contributed by atoms with Crippen molar-refractivity contribution in [2.24, 2.45) is 0 Å². The Morgan fingerprint density at radius 3 is 2.71 bits per heavy atom. The van der Waals surface area contributed by atoms with Crippen molar-refractivity contribution in [2.45, 2.75) is 33.3 Å². The molecule has 1 aromatic heterocycles. The second-order valence-corrected chi connectivity index (χ2v) is 5.37. The van der Waals surface area contributed by atoms with E-state index in [2.05, 4.69) is 50.4 Å². The van der Waals surface area contributed by atoms with Gasteiger partial charge in [0.2, 0.25) is 0 Å². The van der Waals surface area contributed by atoms with Crippen molar-refractivity contribution in [1.29, 1.82) is 0 Å². The molecule has 1 N–H and O–H groups in total. The molecular weight excluding hydrogens is 228 g/mol. The van der Waals surface area contributed by atoms with Gasteiger partial charge in [0, 0.05) is 4.88 Å². The zero-order chi connectivity index (χ0) is 12.4. The lowest BCUT2D eigenvalue weighted by molar-refractivity contribution is 0.222. The van der Waals surface area contributed by atoms with E-state index in [0.717, 1.165) is 22.4 Å². The summed E-state index contributed by atoms with van der Waals surface area (Å²) in [4.78, 5) is 1.08. The summed E-state index contributed by atoms with van der Waals surface area (Å²) in [6.07, 6.45) is 0.491. The van der Waals surface area contributed by atoms with Crippen LogP contribution in [0.2, 0.25) is 0 Å². The van der Waals surface area contributed by atoms with Crippen LogP contribution in [-0.2, 0) is 6.42 Å². The first-order chi connectivity index (χ1) is 8.13. The van der Waals surface area contributed by atoms with E-state index in [-0.39, 0.29) is 0 Å². The molecule has 1 unspecified atom stereocenters. The van der Waals surface area contributed by atoms with E-state index < -0.39 is 6.10 Å². The fourth-order valence-electron chi connectivity index (χ4n) is 2.08. The molecule has 0 saturated heterocycles. The van der Waals surface area contributed by atoms with Crippen LogP contribution in [0.4, 0.5) is 0 Å². The van der Waals surface area contributed by atoms with E-state index in [1.54, 1.807) is 11.3 Å². The van der Waals surface area contributed by atoms with Crippen molar-refractivity contribution >= 4 is 11.3 Å². The van der Waals surface area contributed by atoms with Crippen LogP contribution in [0.25, 0.3) is 0 Å². The Bertz CT molecular complexity index is 513. The standard InChI is InChI=1S/C15H18OS/c1-4-12-7-8-17-15(12)14(16)13-9-10(2)5-6-11(13)3/h5-9,14,16H,4H2,1-3H3. The first-order valence-electron chi connectivity index (χ1n) is 5.95. The van der Waals surface area contributed by atoms with Crippen molar-refractivity contribution in [3.05, 3.63) is 56.8 Å². The predicted octanol–water partition coefficient (Wildman–Crippen LogP) is 4.01. The smallest absolute Gasteiger partial charge is 0.114 e. The molecule has 0 aliphatic carbocycles. The van der Waals surface area contributed by atoms with Gasteiger partial charge < -0.3 is 5.11 Å². The fraction of sp³-hybridized carbons (Fsp3) is 0.333. The highest BCUT2D eigenvalue weighted by Crippen LogP contribution is 2.32. The van der Waals surface area contributed by atoms with Crippen molar-refractivity contribution in [3.63, 3.8) is 0 Å². The first-order valence-corrected chi connectivity index (χ1v) is 6.83. The lowest BCUT2D eigenvalue weighted by Gasteiger charge is -2.15. The van der Waals surface area contributed by atoms with E-state index in [9.17, 15) is 5.11 Å². The van der Waals surface area contributed by atoms with E-state index in [0.29, 0.717) is 0 Å². The molecule has 0 fully saturated rings. The summed E-state index contributed by atoms with van der Waals surface area (Å²) in [5.74, 6) is 0. The summed E-state index contributed by atoms with van der Waals surface area (Å²) in [5.41, 5.74) is 4.63. The average molecular weight is 246 g/mol. The largest absolute Gasteiger partial charge is 0.383 e. The number of hydrogen-bond donors (Lipinski definition) is 1. The summed E-state index contributed by atoms with van der Waals surface area (Å²) in [7, 11) is 0. The third-order valence-corrected chi connectivity index (χ3v) is 4.15. The van der Waals surface area contributed by atoms with E-state index >= 15 is 0 Å². The van der Waals surface area contributed by atoms with Crippen molar-refractivity contribution in [3.8, 4) is 0 Å². The Kier molecular flexibility index (Phi) is 3.65. The summed E-state index contributed by atoms with van der Waals surface area (Å²) >= 11 is 1.64. The van der Waals surface area contributed by atoms with Gasteiger partial charge in [0.25, 0.3) is 0 Å². The zero-order valence-corrected chi connectivity index (χ0v) is 11.3. The van der Waals surface area contributed by atoms with Gasteiger partial charge in [-0.3, -0.25) is 0 Å². The minimum absolute atomic E-state index is 0.482. The SMILES string of the molecule is CCc1ccsc1C(O)c1cc(C)ccc1C. The Morgan fingerprint density at radius 1 is 1.24 bits per heavy atom. The molecule has 0 aliphatic rings. The summed E-state index contributed by atoms with van der Waals surface area (Å²) < 4.78 is 0. The highest BCUT2D eigenvalue weighted by atomic mass is 32.1. The molecule has 0 aliphatic heterocycles. The third kappa shape index (κ3) is 2.43. The van der Waals surface area contributed by atoms with E-state index in [1.807, 2.05) is 0 Å². The average Bonchev–Trinajstić information content (AvgIpc) is 2.79. The molecule has 0 bridgehead atoms. The molecular formula is C15H18OS. The van der Waals surface area contributed by atoms with Crippen molar-refractivity contribution < 1.29 is 5.11 Å². The van der Waals surface area contributed by atoms with Crippen LogP contribution >= 0.6 is 11.3 Å². The highest BCUT2D eigenvalue weighted by Gasteiger charge is 2.17. The van der Waals surface area contributed by atoms with Gasteiger partial charge in [-0.15, -0.1) is 11.3 Å². The number of aliphatic hydroxyl groups excluding tert-OH is 1. The second-order valence-electron chi connectivity index (χ2n) is 4.43. The second kappa shape index (κ2) is 5.03. The van der Waals surface area contributed by atoms with Crippen LogP contribution in [0.15, 0.2) is 29.6 Å². The zero-order valence-electron chi connectivity index (χ0n) is 10.5. The monoisotopic (exact) mass is 246 g/mol. The number of hydrogen-bond acceptors (Lipinski definition) is 2. The number of thiophene rings is 1. The Balaban J connectivity index is 2.43. The van der Waals surface area contributed by atoms with Gasteiger partial charge in [0.05, 0.1) is 0 Å². The maximum Gasteiger partial charge on any atom is 0.114 e. The summed E-state index contributed by atoms with van der Waals surface area (Å²) in [6, 6.07) is 8.35. The van der Waals surface area contributed by atoms with Crippen LogP contribution in [0.1, 0.15) is 40.2 Å². The molecule has 90 valence electrons. The first kappa shape index (κ1) is 12.3. The van der Waals surface area contributed by atoms with Crippen LogP contribution in [0.5, 0.6) is 0 Å². The molecule has 1 heterocycles. The van der Waals surface area contributed by atoms with E-state index in [1.165, 1.54) is 11.1 Å². The molecule has 1 atom stereocenters. The molecule has 1 aromatic carbocycles. The minimum Gasteiger partial charge on any atom is -0.383 e. The lowest BCUT2D eigenvalue weighted by Crippen LogP contribution is -2.02. The Hall–Kier alpha value is -1.12. The van der Waals surface area contributed by atoms with Crippen LogP contribution in [0.3, 0.4) is 0 Å². The minimum atomic E-state index is -0.482. The fourth-order valence-corrected chi connectivity index (χ4v) is 3.07. The molecule has 1 nitrogen and oxygen atoms in total. The Morgan fingerprint density at radius 2 is 2.00 bits per heavy atom. The summed E-state index contributed by atoms with van der Waals surface area (Å²) in [6.45, 7) is 6.24. The van der Waals surface area contributed by atoms with Gasteiger partial charge >= 0.3 is 0 Å². The van der Waals surface area contributed by atoms with Gasteiger partial charge in [-0.1, -0.05) is 30.7 Å². The van der Waals surface area contributed by atoms with Crippen LogP contribution in [-0.4, -0.2) is 5.11 Å². The number of aliphatic hydroxyl groups is 1. The molecule has 2 heteroatoms. The molecule has 2 aromatic rings. The van der Waals surface area contributed by atoms with Gasteiger partial charge in [0.1, 0.15) is 6.10 Å². The molecule has 2 rings (SSSR count). The summed E-state index contributed by atoms with van der Waals surface area (Å²) in [5, 5.41) is 12.6. The molecule has 0 saturated carbocycles. The topological polar surface area (TPSA) is 20.2 Å². The normalized spacial score (nSPS) is 12.7. The molecule has 0 spiro atoms. The van der Waals surface area contributed by atoms with Crippen molar-refractivity contribution in [2.75, 3.05) is 0 Å². The van der Waals surface area contributed by atoms with Crippen LogP contribution in [0, 0.1) is 13.8 Å². The number of aryl methyl sites for hydroxylation is 3. The number of rotatable bonds is 3. The van der Waals surface area contributed by atoms with E-state index in [4.69, 9.17) is 0 Å². The van der Waals surface area contributed by atoms with Gasteiger partial charge in [0.15, 0.2) is 0 Å². The third-order valence-electron chi connectivity index (χ3n) is 3.14. The molecule has 0 amide bonds. The van der Waals surface area contributed by atoms with Gasteiger partial charge in [-0.25, -0.2) is 0 Å². The van der Waals surface area contributed by atoms with Crippen LogP contribution < -0.4 is 0 Å². The van der Waals surface area contributed by atoms with Crippen molar-refractivity contribution in [1.82, 2.24) is 0 Å². The Labute approximate surface area is 107 Å². The quantitative estimate of drug-likeness (QED) is 0.867. The molecule has 0 radical (unpaired) electrons. The number of benzene rings is 1. The van der Waals surface area contributed by atoms with Gasteiger partial charge in [-0.2, -0.15) is 0 Å². The maximum absolute atomic E-state index is 10.5. The maximum atomic E-state index is 10.5.